The second-order valence-corrected chi connectivity index (χ2v) is 9.33. The lowest BCUT2D eigenvalue weighted by atomic mass is 9.92. The van der Waals surface area contributed by atoms with Crippen molar-refractivity contribution in [2.75, 3.05) is 13.1 Å². The van der Waals surface area contributed by atoms with Crippen LogP contribution in [-0.4, -0.2) is 33.4 Å². The van der Waals surface area contributed by atoms with Crippen LogP contribution >= 0.6 is 0 Å². The number of imidazole rings is 1. The summed E-state index contributed by atoms with van der Waals surface area (Å²) in [5.74, 6) is -0.550. The molecular formula is C28H31FN4O3. The van der Waals surface area contributed by atoms with Crippen molar-refractivity contribution in [3.05, 3.63) is 99.7 Å². The highest BCUT2D eigenvalue weighted by molar-refractivity contribution is 5.92. The predicted octanol–water partition coefficient (Wildman–Crippen LogP) is 4.44. The van der Waals surface area contributed by atoms with Crippen LogP contribution in [-0.2, 0) is 13.5 Å². The van der Waals surface area contributed by atoms with Crippen LogP contribution < -0.4 is 11.2 Å². The van der Waals surface area contributed by atoms with E-state index in [2.05, 4.69) is 4.98 Å². The Morgan fingerprint density at radius 3 is 2.58 bits per heavy atom. The summed E-state index contributed by atoms with van der Waals surface area (Å²) in [4.78, 5) is 33.4. The van der Waals surface area contributed by atoms with E-state index in [1.807, 2.05) is 44.2 Å². The van der Waals surface area contributed by atoms with Gasteiger partial charge in [-0.2, -0.15) is 0 Å². The number of nitrogens with zero attached hydrogens (tertiary/aromatic N) is 3. The van der Waals surface area contributed by atoms with E-state index in [9.17, 15) is 14.0 Å². The maximum Gasteiger partial charge on any atom is 0.274 e. The Morgan fingerprint density at radius 2 is 1.94 bits per heavy atom. The van der Waals surface area contributed by atoms with E-state index in [-0.39, 0.29) is 22.8 Å². The van der Waals surface area contributed by atoms with Gasteiger partial charge in [0.15, 0.2) is 5.43 Å². The number of nitrogens with two attached hydrogens (primary N) is 1. The van der Waals surface area contributed by atoms with Crippen LogP contribution in [0.3, 0.4) is 0 Å². The smallest absolute Gasteiger partial charge is 0.274 e. The number of carbonyl (C=O) groups excluding carboxylic acids is 1. The standard InChI is InChI=1S/C28H31FN4O3/c1-18(2)25(33(13-7-12-30)28(35)23-16-32(3)17-31-23)27-22(14-19-8-5-4-6-9-19)26(34)21-11-10-20(29)15-24(21)36-27/h4-6,8-11,15-18,25H,7,12-14,30H2,1-3H3/t25-/m1/s1. The molecule has 0 unspecified atom stereocenters. The molecular weight excluding hydrogens is 459 g/mol. The first-order chi connectivity index (χ1) is 17.3. The Hall–Kier alpha value is -3.78. The highest BCUT2D eigenvalue weighted by atomic mass is 19.1. The van der Waals surface area contributed by atoms with Crippen molar-refractivity contribution in [3.8, 4) is 0 Å². The molecule has 0 fully saturated rings. The largest absolute Gasteiger partial charge is 0.458 e. The number of hydrogen-bond acceptors (Lipinski definition) is 5. The quantitative estimate of drug-likeness (QED) is 0.374. The van der Waals surface area contributed by atoms with Crippen molar-refractivity contribution < 1.29 is 13.6 Å². The fourth-order valence-electron chi connectivity index (χ4n) is 4.53. The monoisotopic (exact) mass is 490 g/mol. The lowest BCUT2D eigenvalue weighted by Crippen LogP contribution is -2.40. The molecule has 8 heteroatoms. The summed E-state index contributed by atoms with van der Waals surface area (Å²) in [6, 6.07) is 12.9. The van der Waals surface area contributed by atoms with Gasteiger partial charge < -0.3 is 19.6 Å². The maximum atomic E-state index is 14.1. The Balaban J connectivity index is 1.93. The third-order valence-electron chi connectivity index (χ3n) is 6.23. The Labute approximate surface area is 209 Å². The minimum Gasteiger partial charge on any atom is -0.458 e. The second-order valence-electron chi connectivity index (χ2n) is 9.33. The van der Waals surface area contributed by atoms with Gasteiger partial charge in [-0.1, -0.05) is 44.2 Å². The van der Waals surface area contributed by atoms with Gasteiger partial charge in [0.2, 0.25) is 0 Å². The molecule has 36 heavy (non-hydrogen) atoms. The Bertz CT molecular complexity index is 1410. The molecule has 0 saturated heterocycles. The number of carbonyl (C=O) groups is 1. The van der Waals surface area contributed by atoms with Gasteiger partial charge in [0.25, 0.3) is 5.91 Å². The van der Waals surface area contributed by atoms with Crippen molar-refractivity contribution in [2.45, 2.75) is 32.7 Å². The van der Waals surface area contributed by atoms with E-state index in [0.29, 0.717) is 48.3 Å². The van der Waals surface area contributed by atoms with Gasteiger partial charge >= 0.3 is 0 Å². The molecule has 1 atom stereocenters. The minimum atomic E-state index is -0.592. The first-order valence-corrected chi connectivity index (χ1v) is 12.1. The average molecular weight is 491 g/mol. The molecule has 2 aromatic heterocycles. The van der Waals surface area contributed by atoms with Gasteiger partial charge in [0.1, 0.15) is 22.9 Å². The number of aryl methyl sites for hydroxylation is 1. The van der Waals surface area contributed by atoms with Gasteiger partial charge in [-0.3, -0.25) is 9.59 Å². The van der Waals surface area contributed by atoms with Gasteiger partial charge in [-0.25, -0.2) is 9.37 Å². The molecule has 4 rings (SSSR count). The molecule has 2 N–H and O–H groups in total. The lowest BCUT2D eigenvalue weighted by Gasteiger charge is -2.34. The molecule has 0 saturated carbocycles. The zero-order valence-electron chi connectivity index (χ0n) is 20.8. The number of benzene rings is 2. The van der Waals surface area contributed by atoms with Gasteiger partial charge in [-0.05, 0) is 36.6 Å². The fraction of sp³-hybridized carbons (Fsp3) is 0.321. The number of amides is 1. The van der Waals surface area contributed by atoms with Gasteiger partial charge in [-0.15, -0.1) is 0 Å². The molecule has 0 aliphatic heterocycles. The van der Waals surface area contributed by atoms with E-state index in [1.165, 1.54) is 18.2 Å². The summed E-state index contributed by atoms with van der Waals surface area (Å²) in [5, 5.41) is 0.304. The van der Waals surface area contributed by atoms with Gasteiger partial charge in [0, 0.05) is 37.8 Å². The summed E-state index contributed by atoms with van der Waals surface area (Å²) < 4.78 is 22.2. The van der Waals surface area contributed by atoms with Crippen molar-refractivity contribution in [1.29, 1.82) is 0 Å². The highest BCUT2D eigenvalue weighted by Crippen LogP contribution is 2.34. The van der Waals surface area contributed by atoms with Crippen molar-refractivity contribution in [1.82, 2.24) is 14.5 Å². The third kappa shape index (κ3) is 5.23. The fourth-order valence-corrected chi connectivity index (χ4v) is 4.53. The van der Waals surface area contributed by atoms with Crippen LogP contribution in [0.1, 0.15) is 53.7 Å². The van der Waals surface area contributed by atoms with E-state index in [0.717, 1.165) is 5.56 Å². The third-order valence-corrected chi connectivity index (χ3v) is 6.23. The number of hydrogen-bond donors (Lipinski definition) is 1. The molecule has 0 aliphatic rings. The van der Waals surface area contributed by atoms with E-state index in [1.54, 1.807) is 29.0 Å². The summed E-state index contributed by atoms with van der Waals surface area (Å²) in [7, 11) is 1.79. The average Bonchev–Trinajstić information content (AvgIpc) is 3.29. The predicted molar refractivity (Wildman–Crippen MR) is 137 cm³/mol. The highest BCUT2D eigenvalue weighted by Gasteiger charge is 2.34. The summed E-state index contributed by atoms with van der Waals surface area (Å²) in [6.07, 6.45) is 4.10. The zero-order chi connectivity index (χ0) is 25.8. The molecule has 0 aliphatic carbocycles. The van der Waals surface area contributed by atoms with Crippen LogP contribution in [0, 0.1) is 11.7 Å². The minimum absolute atomic E-state index is 0.126. The van der Waals surface area contributed by atoms with Crippen molar-refractivity contribution in [2.24, 2.45) is 18.7 Å². The van der Waals surface area contributed by atoms with Crippen LogP contribution in [0.4, 0.5) is 4.39 Å². The normalized spacial score (nSPS) is 12.3. The number of halogens is 1. The van der Waals surface area contributed by atoms with Crippen LogP contribution in [0.5, 0.6) is 0 Å². The van der Waals surface area contributed by atoms with Crippen molar-refractivity contribution in [3.63, 3.8) is 0 Å². The molecule has 2 aromatic carbocycles. The molecule has 4 aromatic rings. The second kappa shape index (κ2) is 10.9. The zero-order valence-corrected chi connectivity index (χ0v) is 20.8. The Kier molecular flexibility index (Phi) is 7.64. The number of fused-ring (bicyclic) bond motifs is 1. The van der Waals surface area contributed by atoms with E-state index < -0.39 is 11.9 Å². The first kappa shape index (κ1) is 25.3. The van der Waals surface area contributed by atoms with Crippen LogP contribution in [0.25, 0.3) is 11.0 Å². The molecule has 0 bridgehead atoms. The SMILES string of the molecule is CC(C)[C@H](c1oc2cc(F)ccc2c(=O)c1Cc1ccccc1)N(CCCN)C(=O)c1cn(C)cn1. The van der Waals surface area contributed by atoms with Crippen LogP contribution in [0.15, 0.2) is 70.3 Å². The summed E-state index contributed by atoms with van der Waals surface area (Å²) in [5.41, 5.74) is 7.40. The Morgan fingerprint density at radius 1 is 1.19 bits per heavy atom. The van der Waals surface area contributed by atoms with Crippen molar-refractivity contribution >= 4 is 16.9 Å². The van der Waals surface area contributed by atoms with Crippen LogP contribution in [0.2, 0.25) is 0 Å². The topological polar surface area (TPSA) is 94.4 Å². The first-order valence-electron chi connectivity index (χ1n) is 12.1. The molecule has 7 nitrogen and oxygen atoms in total. The molecule has 0 spiro atoms. The molecule has 2 heterocycles. The molecule has 188 valence electrons. The van der Waals surface area contributed by atoms with E-state index in [4.69, 9.17) is 10.2 Å². The van der Waals surface area contributed by atoms with Gasteiger partial charge in [0.05, 0.1) is 17.8 Å². The maximum absolute atomic E-state index is 14.1. The molecule has 1 amide bonds. The van der Waals surface area contributed by atoms with E-state index >= 15 is 0 Å². The summed E-state index contributed by atoms with van der Waals surface area (Å²) >= 11 is 0. The lowest BCUT2D eigenvalue weighted by molar-refractivity contribution is 0.0581. The number of aromatic nitrogens is 2. The summed E-state index contributed by atoms with van der Waals surface area (Å²) in [6.45, 7) is 4.67. The number of rotatable bonds is 9. The molecule has 0 radical (unpaired) electrons.